The number of aliphatic hydroxyl groups is 1. The number of imidazole rings is 1. The molecule has 0 bridgehead atoms. The van der Waals surface area contributed by atoms with Gasteiger partial charge in [-0.2, -0.15) is 0 Å². The molecule has 0 aromatic carbocycles. The van der Waals surface area contributed by atoms with Gasteiger partial charge in [0.1, 0.15) is 6.61 Å². The Morgan fingerprint density at radius 2 is 2.33 bits per heavy atom. The molecule has 0 unspecified atom stereocenters. The Labute approximate surface area is 140 Å². The molecule has 1 saturated heterocycles. The van der Waals surface area contributed by atoms with Crippen LogP contribution >= 0.6 is 0 Å². The van der Waals surface area contributed by atoms with E-state index in [2.05, 4.69) is 11.6 Å². The molecule has 2 amide bonds. The molecule has 3 N–H and O–H groups in total. The van der Waals surface area contributed by atoms with Crippen LogP contribution < -0.4 is 5.73 Å². The van der Waals surface area contributed by atoms with E-state index in [1.54, 1.807) is 17.4 Å². The van der Waals surface area contributed by atoms with Crippen molar-refractivity contribution in [1.29, 1.82) is 0 Å². The summed E-state index contributed by atoms with van der Waals surface area (Å²) >= 11 is 0. The average Bonchev–Trinajstić information content (AvgIpc) is 3.14. The summed E-state index contributed by atoms with van der Waals surface area (Å²) in [4.78, 5) is 28.4. The van der Waals surface area contributed by atoms with E-state index in [0.717, 1.165) is 0 Å². The van der Waals surface area contributed by atoms with Gasteiger partial charge in [-0.1, -0.05) is 12.7 Å². The van der Waals surface area contributed by atoms with Crippen LogP contribution in [0.5, 0.6) is 0 Å². The number of carbonyl (C=O) groups is 2. The summed E-state index contributed by atoms with van der Waals surface area (Å²) < 4.78 is 6.91. The van der Waals surface area contributed by atoms with Gasteiger partial charge in [0.25, 0.3) is 0 Å². The summed E-state index contributed by atoms with van der Waals surface area (Å²) in [6, 6.07) is -0.0932. The number of rotatable bonds is 7. The van der Waals surface area contributed by atoms with Gasteiger partial charge in [0.2, 0.25) is 5.91 Å². The standard InChI is InChI=1S/C16H22N4O4/c1-2-7-24-16(23)20-10-14(21)8-13(20)5-6-19-9-12(18-11-19)3-4-15(17)22/h2-4,9,11,13-14,21H,1,5-8,10H2,(H2,17,22)/t13-,14-/m1/s1. The summed E-state index contributed by atoms with van der Waals surface area (Å²) in [5.41, 5.74) is 5.67. The van der Waals surface area contributed by atoms with E-state index in [1.807, 2.05) is 4.57 Å². The summed E-state index contributed by atoms with van der Waals surface area (Å²) in [5.74, 6) is -0.529. The van der Waals surface area contributed by atoms with Crippen molar-refractivity contribution in [3.05, 3.63) is 36.9 Å². The van der Waals surface area contributed by atoms with Crippen molar-refractivity contribution in [2.75, 3.05) is 13.2 Å². The molecule has 0 aliphatic carbocycles. The van der Waals surface area contributed by atoms with E-state index in [9.17, 15) is 14.7 Å². The second-order valence-corrected chi connectivity index (χ2v) is 5.62. The lowest BCUT2D eigenvalue weighted by molar-refractivity contribution is -0.113. The van der Waals surface area contributed by atoms with Crippen molar-refractivity contribution >= 4 is 18.1 Å². The Balaban J connectivity index is 1.91. The fraction of sp³-hybridized carbons (Fsp3) is 0.438. The Morgan fingerprint density at radius 1 is 1.54 bits per heavy atom. The van der Waals surface area contributed by atoms with Crippen molar-refractivity contribution in [2.24, 2.45) is 5.73 Å². The lowest BCUT2D eigenvalue weighted by Crippen LogP contribution is -2.37. The maximum atomic E-state index is 12.0. The predicted octanol–water partition coefficient (Wildman–Crippen LogP) is 0.530. The van der Waals surface area contributed by atoms with Gasteiger partial charge in [-0.25, -0.2) is 9.78 Å². The molecule has 1 aromatic rings. The number of aromatic nitrogens is 2. The molecule has 1 aliphatic heterocycles. The molecule has 2 rings (SSSR count). The number of carbonyl (C=O) groups excluding carboxylic acids is 2. The van der Waals surface area contributed by atoms with Crippen molar-refractivity contribution in [2.45, 2.75) is 31.5 Å². The van der Waals surface area contributed by atoms with Crippen LogP contribution in [0.15, 0.2) is 31.3 Å². The van der Waals surface area contributed by atoms with Crippen LogP contribution in [0.3, 0.4) is 0 Å². The fourth-order valence-electron chi connectivity index (χ4n) is 2.65. The number of primary amides is 1. The minimum atomic E-state index is -0.539. The number of ether oxygens (including phenoxy) is 1. The summed E-state index contributed by atoms with van der Waals surface area (Å²) in [5, 5.41) is 9.83. The van der Waals surface area contributed by atoms with Gasteiger partial charge >= 0.3 is 6.09 Å². The summed E-state index contributed by atoms with van der Waals surface area (Å²) in [6.07, 6.45) is 7.93. The molecule has 2 atom stereocenters. The van der Waals surface area contributed by atoms with Crippen molar-refractivity contribution in [3.63, 3.8) is 0 Å². The van der Waals surface area contributed by atoms with Crippen LogP contribution in [0, 0.1) is 0 Å². The highest BCUT2D eigenvalue weighted by molar-refractivity contribution is 5.89. The third-order valence-electron chi connectivity index (χ3n) is 3.74. The van der Waals surface area contributed by atoms with E-state index in [0.29, 0.717) is 25.1 Å². The maximum Gasteiger partial charge on any atom is 0.410 e. The maximum absolute atomic E-state index is 12.0. The Hall–Kier alpha value is -2.61. The van der Waals surface area contributed by atoms with Crippen LogP contribution in [-0.4, -0.2) is 56.9 Å². The van der Waals surface area contributed by atoms with Crippen LogP contribution in [0.4, 0.5) is 4.79 Å². The number of amides is 2. The van der Waals surface area contributed by atoms with Crippen LogP contribution in [0.2, 0.25) is 0 Å². The first-order chi connectivity index (χ1) is 11.5. The van der Waals surface area contributed by atoms with Crippen molar-refractivity contribution in [1.82, 2.24) is 14.5 Å². The molecule has 0 radical (unpaired) electrons. The normalized spacial score (nSPS) is 20.5. The SMILES string of the molecule is C=CCOC(=O)N1C[C@H](O)C[C@H]1CCn1cnc(C=CC(N)=O)c1. The Bertz CT molecular complexity index is 625. The molecule has 8 nitrogen and oxygen atoms in total. The molecule has 0 spiro atoms. The molecule has 1 fully saturated rings. The third-order valence-corrected chi connectivity index (χ3v) is 3.74. The van der Waals surface area contributed by atoms with Gasteiger partial charge in [-0.3, -0.25) is 4.79 Å². The van der Waals surface area contributed by atoms with Crippen molar-refractivity contribution in [3.8, 4) is 0 Å². The molecule has 24 heavy (non-hydrogen) atoms. The monoisotopic (exact) mass is 334 g/mol. The largest absolute Gasteiger partial charge is 0.445 e. The number of nitrogens with two attached hydrogens (primary N) is 1. The minimum absolute atomic E-state index is 0.0932. The minimum Gasteiger partial charge on any atom is -0.445 e. The number of likely N-dealkylation sites (tertiary alicyclic amines) is 1. The van der Waals surface area contributed by atoms with Crippen LogP contribution in [0.25, 0.3) is 6.08 Å². The van der Waals surface area contributed by atoms with Gasteiger partial charge in [0.15, 0.2) is 0 Å². The highest BCUT2D eigenvalue weighted by atomic mass is 16.6. The number of hydrogen-bond donors (Lipinski definition) is 2. The Morgan fingerprint density at radius 3 is 3.04 bits per heavy atom. The molecule has 1 aliphatic rings. The predicted molar refractivity (Wildman–Crippen MR) is 87.7 cm³/mol. The zero-order valence-corrected chi connectivity index (χ0v) is 13.4. The average molecular weight is 334 g/mol. The van der Waals surface area contributed by atoms with E-state index in [4.69, 9.17) is 10.5 Å². The topological polar surface area (TPSA) is 111 Å². The molecule has 130 valence electrons. The van der Waals surface area contributed by atoms with E-state index < -0.39 is 18.1 Å². The number of β-amino-alcohol motifs (C(OH)–C–C–N with tert-alkyl or cyclic N) is 1. The molecule has 1 aromatic heterocycles. The first-order valence-electron chi connectivity index (χ1n) is 7.71. The third kappa shape index (κ3) is 4.95. The number of hydrogen-bond acceptors (Lipinski definition) is 5. The molecule has 0 saturated carbocycles. The van der Waals surface area contributed by atoms with Gasteiger partial charge in [0.05, 0.1) is 24.7 Å². The summed E-state index contributed by atoms with van der Waals surface area (Å²) in [6.45, 7) is 4.56. The quantitative estimate of drug-likeness (QED) is 0.558. The van der Waals surface area contributed by atoms with Gasteiger partial charge in [-0.05, 0) is 18.9 Å². The van der Waals surface area contributed by atoms with Crippen LogP contribution in [-0.2, 0) is 16.1 Å². The molecule has 2 heterocycles. The fourth-order valence-corrected chi connectivity index (χ4v) is 2.65. The summed E-state index contributed by atoms with van der Waals surface area (Å²) in [7, 11) is 0. The highest BCUT2D eigenvalue weighted by Gasteiger charge is 2.34. The number of nitrogens with zero attached hydrogens (tertiary/aromatic N) is 3. The van der Waals surface area contributed by atoms with E-state index in [-0.39, 0.29) is 19.2 Å². The molecule has 8 heteroatoms. The van der Waals surface area contributed by atoms with Gasteiger partial charge in [0, 0.05) is 24.9 Å². The smallest absolute Gasteiger partial charge is 0.410 e. The lowest BCUT2D eigenvalue weighted by Gasteiger charge is -2.23. The first-order valence-corrected chi connectivity index (χ1v) is 7.71. The second kappa shape index (κ2) is 8.30. The molecular weight excluding hydrogens is 312 g/mol. The first kappa shape index (κ1) is 17.7. The van der Waals surface area contributed by atoms with E-state index >= 15 is 0 Å². The number of aryl methyl sites for hydroxylation is 1. The number of aliphatic hydroxyl groups excluding tert-OH is 1. The lowest BCUT2D eigenvalue weighted by atomic mass is 10.1. The Kier molecular flexibility index (Phi) is 6.14. The van der Waals surface area contributed by atoms with Crippen molar-refractivity contribution < 1.29 is 19.4 Å². The van der Waals surface area contributed by atoms with Crippen LogP contribution in [0.1, 0.15) is 18.5 Å². The van der Waals surface area contributed by atoms with Gasteiger partial charge < -0.3 is 25.0 Å². The highest BCUT2D eigenvalue weighted by Crippen LogP contribution is 2.22. The second-order valence-electron chi connectivity index (χ2n) is 5.62. The van der Waals surface area contributed by atoms with Gasteiger partial charge in [-0.15, -0.1) is 0 Å². The zero-order valence-electron chi connectivity index (χ0n) is 13.4. The van der Waals surface area contributed by atoms with E-state index in [1.165, 1.54) is 18.2 Å². The molecular formula is C16H22N4O4. The zero-order chi connectivity index (χ0) is 17.5.